The third kappa shape index (κ3) is 4.01. The zero-order chi connectivity index (χ0) is 20.4. The van der Waals surface area contributed by atoms with Crippen LogP contribution in [0.2, 0.25) is 5.02 Å². The summed E-state index contributed by atoms with van der Waals surface area (Å²) < 4.78 is 6.93. The summed E-state index contributed by atoms with van der Waals surface area (Å²) >= 11 is 6.00. The Hall–Kier alpha value is -2.11. The van der Waals surface area contributed by atoms with Gasteiger partial charge in [0.05, 0.1) is 19.1 Å². The van der Waals surface area contributed by atoms with Gasteiger partial charge in [-0.25, -0.2) is 0 Å². The smallest absolute Gasteiger partial charge is 0.308 e. The van der Waals surface area contributed by atoms with Gasteiger partial charge >= 0.3 is 5.97 Å². The molecule has 150 valence electrons. The number of ketones is 1. The van der Waals surface area contributed by atoms with Crippen LogP contribution in [0, 0.1) is 19.8 Å². The molecular weight excluding hydrogens is 376 g/mol. The Labute approximate surface area is 171 Å². The summed E-state index contributed by atoms with van der Waals surface area (Å²) in [5.74, 6) is -0.0894. The van der Waals surface area contributed by atoms with Gasteiger partial charge < -0.3 is 9.30 Å². The molecule has 1 aromatic carbocycles. The molecule has 1 atom stereocenters. The van der Waals surface area contributed by atoms with Crippen LogP contribution in [0.1, 0.15) is 41.5 Å². The summed E-state index contributed by atoms with van der Waals surface area (Å²) in [6.07, 6.45) is 1.46. The molecule has 6 heteroatoms. The van der Waals surface area contributed by atoms with Gasteiger partial charge in [0, 0.05) is 27.7 Å². The fourth-order valence-corrected chi connectivity index (χ4v) is 4.21. The SMILES string of the molecule is COC(=O)C1CCN([C@H](C)C(=O)c2cc(C)n(-c3ccc(Cl)cc3)c2C)CC1. The highest BCUT2D eigenvalue weighted by atomic mass is 35.5. The molecule has 0 unspecified atom stereocenters. The van der Waals surface area contributed by atoms with Crippen molar-refractivity contribution in [1.82, 2.24) is 9.47 Å². The molecular formula is C22H27ClN2O3. The van der Waals surface area contributed by atoms with E-state index in [1.54, 1.807) is 0 Å². The average Bonchev–Trinajstić information content (AvgIpc) is 3.01. The zero-order valence-corrected chi connectivity index (χ0v) is 17.6. The van der Waals surface area contributed by atoms with Gasteiger partial charge in [-0.15, -0.1) is 0 Å². The van der Waals surface area contributed by atoms with Crippen molar-refractivity contribution in [3.05, 3.63) is 52.3 Å². The van der Waals surface area contributed by atoms with Gasteiger partial charge in [0.25, 0.3) is 0 Å². The number of Topliss-reactive ketones (excluding diaryl/α,β-unsaturated/α-hetero) is 1. The van der Waals surface area contributed by atoms with Gasteiger partial charge in [0.2, 0.25) is 0 Å². The molecule has 2 heterocycles. The zero-order valence-electron chi connectivity index (χ0n) is 16.9. The van der Waals surface area contributed by atoms with Crippen molar-refractivity contribution in [3.63, 3.8) is 0 Å². The number of halogens is 1. The number of carbonyl (C=O) groups excluding carboxylic acids is 2. The van der Waals surface area contributed by atoms with E-state index in [4.69, 9.17) is 16.3 Å². The van der Waals surface area contributed by atoms with E-state index in [1.807, 2.05) is 51.1 Å². The number of hydrogen-bond donors (Lipinski definition) is 0. The van der Waals surface area contributed by atoms with Gasteiger partial charge in [0.15, 0.2) is 5.78 Å². The number of esters is 1. The highest BCUT2D eigenvalue weighted by Crippen LogP contribution is 2.26. The van der Waals surface area contributed by atoms with Crippen LogP contribution in [0.3, 0.4) is 0 Å². The van der Waals surface area contributed by atoms with Crippen LogP contribution in [0.5, 0.6) is 0 Å². The van der Waals surface area contributed by atoms with Crippen molar-refractivity contribution in [2.45, 2.75) is 39.7 Å². The predicted molar refractivity (Wildman–Crippen MR) is 110 cm³/mol. The lowest BCUT2D eigenvalue weighted by Gasteiger charge is -2.34. The highest BCUT2D eigenvalue weighted by Gasteiger charge is 2.31. The maximum Gasteiger partial charge on any atom is 0.308 e. The number of benzene rings is 1. The molecule has 1 aliphatic heterocycles. The average molecular weight is 403 g/mol. The number of rotatable bonds is 5. The topological polar surface area (TPSA) is 51.5 Å². The number of likely N-dealkylation sites (tertiary alicyclic amines) is 1. The third-order valence-electron chi connectivity index (χ3n) is 5.77. The number of aromatic nitrogens is 1. The number of aryl methyl sites for hydroxylation is 1. The third-order valence-corrected chi connectivity index (χ3v) is 6.02. The van der Waals surface area contributed by atoms with Gasteiger partial charge in [-0.1, -0.05) is 11.6 Å². The van der Waals surface area contributed by atoms with Crippen LogP contribution in [0.4, 0.5) is 0 Å². The fourth-order valence-electron chi connectivity index (χ4n) is 4.08. The second-order valence-corrected chi connectivity index (χ2v) is 7.91. The molecule has 2 aromatic rings. The fraction of sp³-hybridized carbons (Fsp3) is 0.455. The number of hydrogen-bond acceptors (Lipinski definition) is 4. The lowest BCUT2D eigenvalue weighted by Crippen LogP contribution is -2.45. The van der Waals surface area contributed by atoms with Crippen LogP contribution in [0.25, 0.3) is 5.69 Å². The molecule has 1 saturated heterocycles. The lowest BCUT2D eigenvalue weighted by molar-refractivity contribution is -0.147. The summed E-state index contributed by atoms with van der Waals surface area (Å²) in [7, 11) is 1.43. The monoisotopic (exact) mass is 402 g/mol. The molecule has 28 heavy (non-hydrogen) atoms. The second kappa shape index (κ2) is 8.50. The molecule has 0 radical (unpaired) electrons. The van der Waals surface area contributed by atoms with Crippen LogP contribution in [-0.2, 0) is 9.53 Å². The maximum absolute atomic E-state index is 13.2. The minimum atomic E-state index is -0.224. The summed E-state index contributed by atoms with van der Waals surface area (Å²) in [6, 6.07) is 9.35. The van der Waals surface area contributed by atoms with E-state index in [9.17, 15) is 9.59 Å². The summed E-state index contributed by atoms with van der Waals surface area (Å²) in [5.41, 5.74) is 3.68. The van der Waals surface area contributed by atoms with E-state index < -0.39 is 0 Å². The van der Waals surface area contributed by atoms with Crippen LogP contribution < -0.4 is 0 Å². The van der Waals surface area contributed by atoms with Crippen molar-refractivity contribution in [2.75, 3.05) is 20.2 Å². The molecule has 0 spiro atoms. The molecule has 0 N–H and O–H groups in total. The quantitative estimate of drug-likeness (QED) is 0.555. The van der Waals surface area contributed by atoms with E-state index in [-0.39, 0.29) is 23.7 Å². The standard InChI is InChI=1S/C22H27ClN2O3/c1-14-13-20(15(2)25(14)19-7-5-18(23)6-8-19)21(26)16(3)24-11-9-17(10-12-24)22(27)28-4/h5-8,13,16-17H,9-12H2,1-4H3/t16-/m1/s1. The molecule has 0 saturated carbocycles. The number of methoxy groups -OCH3 is 1. The first-order chi connectivity index (χ1) is 13.3. The number of ether oxygens (including phenoxy) is 1. The molecule has 0 amide bonds. The van der Waals surface area contributed by atoms with E-state index >= 15 is 0 Å². The first-order valence-electron chi connectivity index (χ1n) is 9.64. The minimum Gasteiger partial charge on any atom is -0.469 e. The Bertz CT molecular complexity index is 865. The van der Waals surface area contributed by atoms with E-state index in [0.717, 1.165) is 48.6 Å². The van der Waals surface area contributed by atoms with E-state index in [2.05, 4.69) is 9.47 Å². The Kier molecular flexibility index (Phi) is 6.26. The maximum atomic E-state index is 13.2. The van der Waals surface area contributed by atoms with Crippen LogP contribution in [0.15, 0.2) is 30.3 Å². The molecule has 1 aliphatic rings. The Morgan fingerprint density at radius 1 is 1.14 bits per heavy atom. The van der Waals surface area contributed by atoms with Crippen molar-refractivity contribution >= 4 is 23.4 Å². The summed E-state index contributed by atoms with van der Waals surface area (Å²) in [6.45, 7) is 7.39. The van der Waals surface area contributed by atoms with Crippen LogP contribution in [-0.4, -0.2) is 47.5 Å². The van der Waals surface area contributed by atoms with E-state index in [0.29, 0.717) is 5.02 Å². The van der Waals surface area contributed by atoms with Crippen molar-refractivity contribution < 1.29 is 14.3 Å². The number of piperidine rings is 1. The van der Waals surface area contributed by atoms with Crippen molar-refractivity contribution in [1.29, 1.82) is 0 Å². The summed E-state index contributed by atoms with van der Waals surface area (Å²) in [4.78, 5) is 27.1. The molecule has 1 fully saturated rings. The first-order valence-corrected chi connectivity index (χ1v) is 10.0. The van der Waals surface area contributed by atoms with Gasteiger partial charge in [-0.05, 0) is 77.0 Å². The highest BCUT2D eigenvalue weighted by molar-refractivity contribution is 6.30. The largest absolute Gasteiger partial charge is 0.469 e. The molecule has 0 bridgehead atoms. The van der Waals surface area contributed by atoms with E-state index in [1.165, 1.54) is 7.11 Å². The summed E-state index contributed by atoms with van der Waals surface area (Å²) in [5, 5.41) is 0.687. The number of carbonyl (C=O) groups is 2. The Balaban J connectivity index is 1.77. The molecule has 1 aromatic heterocycles. The number of nitrogens with zero attached hydrogens (tertiary/aromatic N) is 2. The van der Waals surface area contributed by atoms with Crippen molar-refractivity contribution in [2.24, 2.45) is 5.92 Å². The Morgan fingerprint density at radius 2 is 1.75 bits per heavy atom. The van der Waals surface area contributed by atoms with Gasteiger partial charge in [-0.2, -0.15) is 0 Å². The second-order valence-electron chi connectivity index (χ2n) is 7.47. The van der Waals surface area contributed by atoms with Gasteiger partial charge in [0.1, 0.15) is 0 Å². The molecule has 3 rings (SSSR count). The minimum absolute atomic E-state index is 0.0569. The predicted octanol–water partition coefficient (Wildman–Crippen LogP) is 4.20. The lowest BCUT2D eigenvalue weighted by atomic mass is 9.94. The van der Waals surface area contributed by atoms with Crippen molar-refractivity contribution in [3.8, 4) is 5.69 Å². The normalized spacial score (nSPS) is 16.8. The van der Waals surface area contributed by atoms with Gasteiger partial charge in [-0.3, -0.25) is 14.5 Å². The first kappa shape index (κ1) is 20.6. The molecule has 0 aliphatic carbocycles. The molecule has 5 nitrogen and oxygen atoms in total. The Morgan fingerprint density at radius 3 is 2.32 bits per heavy atom. The van der Waals surface area contributed by atoms with Crippen LogP contribution >= 0.6 is 11.6 Å².